The standard InChI is InChI=1S/C14H19N3O/c1-9-5-6-12(15-7-9)17-14(18)13-11-4-2-3-10(11)8-16-13/h5-7,10-11,13,16H,2-4,8H2,1H3,(H,15,17,18). The summed E-state index contributed by atoms with van der Waals surface area (Å²) in [5, 5.41) is 6.26. The van der Waals surface area contributed by atoms with Gasteiger partial charge in [-0.2, -0.15) is 0 Å². The third-order valence-electron chi connectivity index (χ3n) is 4.19. The number of pyridine rings is 1. The lowest BCUT2D eigenvalue weighted by molar-refractivity contribution is -0.118. The number of nitrogens with one attached hydrogen (secondary N) is 2. The highest BCUT2D eigenvalue weighted by molar-refractivity contribution is 5.94. The Bertz CT molecular complexity index is 443. The van der Waals surface area contributed by atoms with E-state index < -0.39 is 0 Å². The van der Waals surface area contributed by atoms with E-state index in [1.807, 2.05) is 19.1 Å². The first-order valence-corrected chi connectivity index (χ1v) is 6.71. The first kappa shape index (κ1) is 11.7. The summed E-state index contributed by atoms with van der Waals surface area (Å²) in [6, 6.07) is 3.79. The minimum Gasteiger partial charge on any atom is -0.309 e. The smallest absolute Gasteiger partial charge is 0.242 e. The van der Waals surface area contributed by atoms with Crippen LogP contribution in [0.1, 0.15) is 24.8 Å². The van der Waals surface area contributed by atoms with Gasteiger partial charge in [-0.25, -0.2) is 4.98 Å². The first-order valence-electron chi connectivity index (χ1n) is 6.71. The lowest BCUT2D eigenvalue weighted by Gasteiger charge is -2.17. The Labute approximate surface area is 107 Å². The van der Waals surface area contributed by atoms with Crippen LogP contribution in [0.2, 0.25) is 0 Å². The molecule has 4 nitrogen and oxygen atoms in total. The molecule has 1 amide bonds. The molecule has 2 N–H and O–H groups in total. The van der Waals surface area contributed by atoms with E-state index >= 15 is 0 Å². The molecule has 4 heteroatoms. The van der Waals surface area contributed by atoms with Gasteiger partial charge in [0.25, 0.3) is 0 Å². The number of anilines is 1. The second-order valence-electron chi connectivity index (χ2n) is 5.45. The summed E-state index contributed by atoms with van der Waals surface area (Å²) < 4.78 is 0. The molecule has 0 aromatic carbocycles. The molecular weight excluding hydrogens is 226 g/mol. The fraction of sp³-hybridized carbons (Fsp3) is 0.571. The number of aromatic nitrogens is 1. The normalized spacial score (nSPS) is 30.2. The van der Waals surface area contributed by atoms with Gasteiger partial charge in [0.2, 0.25) is 5.91 Å². The lowest BCUT2D eigenvalue weighted by Crippen LogP contribution is -2.39. The van der Waals surface area contributed by atoms with E-state index in [-0.39, 0.29) is 11.9 Å². The summed E-state index contributed by atoms with van der Waals surface area (Å²) >= 11 is 0. The van der Waals surface area contributed by atoms with Gasteiger partial charge < -0.3 is 10.6 Å². The molecule has 0 radical (unpaired) electrons. The summed E-state index contributed by atoms with van der Waals surface area (Å²) in [5.41, 5.74) is 1.10. The van der Waals surface area contributed by atoms with Crippen molar-refractivity contribution in [3.63, 3.8) is 0 Å². The maximum atomic E-state index is 12.2. The molecule has 1 aliphatic carbocycles. The summed E-state index contributed by atoms with van der Waals surface area (Å²) in [4.78, 5) is 16.4. The van der Waals surface area contributed by atoms with Crippen molar-refractivity contribution in [2.75, 3.05) is 11.9 Å². The Morgan fingerprint density at radius 1 is 1.44 bits per heavy atom. The van der Waals surface area contributed by atoms with Crippen LogP contribution in [0, 0.1) is 18.8 Å². The van der Waals surface area contributed by atoms with Crippen LogP contribution in [0.5, 0.6) is 0 Å². The minimum absolute atomic E-state index is 0.0272. The van der Waals surface area contributed by atoms with Gasteiger partial charge in [0, 0.05) is 6.20 Å². The molecule has 3 rings (SSSR count). The van der Waals surface area contributed by atoms with Crippen LogP contribution >= 0.6 is 0 Å². The zero-order valence-corrected chi connectivity index (χ0v) is 10.6. The number of carbonyl (C=O) groups is 1. The van der Waals surface area contributed by atoms with Crippen molar-refractivity contribution in [2.24, 2.45) is 11.8 Å². The maximum absolute atomic E-state index is 12.2. The van der Waals surface area contributed by atoms with Gasteiger partial charge in [0.15, 0.2) is 0 Å². The molecule has 18 heavy (non-hydrogen) atoms. The van der Waals surface area contributed by atoms with Crippen molar-refractivity contribution >= 4 is 11.7 Å². The Morgan fingerprint density at radius 2 is 2.33 bits per heavy atom. The zero-order valence-electron chi connectivity index (χ0n) is 10.6. The van der Waals surface area contributed by atoms with Crippen LogP contribution in [0.3, 0.4) is 0 Å². The van der Waals surface area contributed by atoms with Crippen molar-refractivity contribution < 1.29 is 4.79 Å². The quantitative estimate of drug-likeness (QED) is 0.834. The third-order valence-corrected chi connectivity index (χ3v) is 4.19. The fourth-order valence-corrected chi connectivity index (χ4v) is 3.22. The van der Waals surface area contributed by atoms with E-state index in [4.69, 9.17) is 0 Å². The van der Waals surface area contributed by atoms with Crippen LogP contribution in [0.15, 0.2) is 18.3 Å². The number of fused-ring (bicyclic) bond motifs is 1. The fourth-order valence-electron chi connectivity index (χ4n) is 3.22. The monoisotopic (exact) mass is 245 g/mol. The highest BCUT2D eigenvalue weighted by atomic mass is 16.2. The van der Waals surface area contributed by atoms with Gasteiger partial charge >= 0.3 is 0 Å². The third kappa shape index (κ3) is 2.12. The second kappa shape index (κ2) is 4.69. The van der Waals surface area contributed by atoms with E-state index in [1.54, 1.807) is 6.20 Å². The molecule has 2 heterocycles. The lowest BCUT2D eigenvalue weighted by atomic mass is 9.94. The number of aryl methyl sites for hydroxylation is 1. The van der Waals surface area contributed by atoms with Crippen molar-refractivity contribution in [3.05, 3.63) is 23.9 Å². The minimum atomic E-state index is -0.0272. The highest BCUT2D eigenvalue weighted by Crippen LogP contribution is 2.37. The topological polar surface area (TPSA) is 54.0 Å². The summed E-state index contributed by atoms with van der Waals surface area (Å²) in [5.74, 6) is 1.94. The Balaban J connectivity index is 1.66. The van der Waals surface area contributed by atoms with Gasteiger partial charge in [-0.3, -0.25) is 4.79 Å². The predicted molar refractivity (Wildman–Crippen MR) is 70.2 cm³/mol. The molecule has 1 aliphatic heterocycles. The van der Waals surface area contributed by atoms with Crippen LogP contribution in [0.25, 0.3) is 0 Å². The summed E-state index contributed by atoms with van der Waals surface area (Å²) in [6.45, 7) is 2.98. The number of hydrogen-bond donors (Lipinski definition) is 2. The number of hydrogen-bond acceptors (Lipinski definition) is 3. The van der Waals surface area contributed by atoms with Gasteiger partial charge in [-0.1, -0.05) is 12.5 Å². The van der Waals surface area contributed by atoms with E-state index in [1.165, 1.54) is 19.3 Å². The van der Waals surface area contributed by atoms with Gasteiger partial charge in [0.05, 0.1) is 6.04 Å². The van der Waals surface area contributed by atoms with E-state index in [0.717, 1.165) is 12.1 Å². The molecule has 1 aromatic heterocycles. The van der Waals surface area contributed by atoms with Gasteiger partial charge in [-0.05, 0) is 49.8 Å². The molecule has 1 aromatic rings. The Kier molecular flexibility index (Phi) is 3.04. The SMILES string of the molecule is Cc1ccc(NC(=O)C2NCC3CCCC32)nc1. The largest absolute Gasteiger partial charge is 0.309 e. The zero-order chi connectivity index (χ0) is 12.5. The van der Waals surface area contributed by atoms with Crippen LogP contribution in [-0.4, -0.2) is 23.5 Å². The Hall–Kier alpha value is -1.42. The van der Waals surface area contributed by atoms with E-state index in [9.17, 15) is 4.79 Å². The second-order valence-corrected chi connectivity index (χ2v) is 5.45. The van der Waals surface area contributed by atoms with Crippen molar-refractivity contribution in [3.8, 4) is 0 Å². The van der Waals surface area contributed by atoms with Crippen molar-refractivity contribution in [1.29, 1.82) is 0 Å². The van der Waals surface area contributed by atoms with Crippen LogP contribution in [-0.2, 0) is 4.79 Å². The number of nitrogens with zero attached hydrogens (tertiary/aromatic N) is 1. The number of carbonyl (C=O) groups excluding carboxylic acids is 1. The molecule has 2 aliphatic rings. The average molecular weight is 245 g/mol. The first-order chi connectivity index (χ1) is 8.74. The van der Waals surface area contributed by atoms with Gasteiger partial charge in [0.1, 0.15) is 5.82 Å². The molecule has 0 spiro atoms. The molecule has 0 bridgehead atoms. The van der Waals surface area contributed by atoms with E-state index in [0.29, 0.717) is 17.7 Å². The number of amides is 1. The van der Waals surface area contributed by atoms with E-state index in [2.05, 4.69) is 15.6 Å². The Morgan fingerprint density at radius 3 is 3.11 bits per heavy atom. The molecule has 3 unspecified atom stereocenters. The molecule has 3 atom stereocenters. The van der Waals surface area contributed by atoms with Crippen molar-refractivity contribution in [1.82, 2.24) is 10.3 Å². The highest BCUT2D eigenvalue weighted by Gasteiger charge is 2.42. The number of rotatable bonds is 2. The molecule has 1 saturated carbocycles. The maximum Gasteiger partial charge on any atom is 0.242 e. The van der Waals surface area contributed by atoms with Crippen molar-refractivity contribution in [2.45, 2.75) is 32.2 Å². The van der Waals surface area contributed by atoms with Crippen LogP contribution in [0.4, 0.5) is 5.82 Å². The summed E-state index contributed by atoms with van der Waals surface area (Å²) in [6.07, 6.45) is 5.49. The molecular formula is C14H19N3O. The predicted octanol–water partition coefficient (Wildman–Crippen LogP) is 1.72. The molecule has 1 saturated heterocycles. The van der Waals surface area contributed by atoms with Crippen LogP contribution < -0.4 is 10.6 Å². The average Bonchev–Trinajstić information content (AvgIpc) is 2.93. The van der Waals surface area contributed by atoms with Gasteiger partial charge in [-0.15, -0.1) is 0 Å². The molecule has 96 valence electrons. The summed E-state index contributed by atoms with van der Waals surface area (Å²) in [7, 11) is 0. The molecule has 2 fully saturated rings.